The van der Waals surface area contributed by atoms with E-state index in [0.717, 1.165) is 5.56 Å². The van der Waals surface area contributed by atoms with Crippen LogP contribution in [0.5, 0.6) is 5.75 Å². The number of ether oxygens (including phenoxy) is 2. The molecule has 0 saturated carbocycles. The Hall–Kier alpha value is -3.88. The summed E-state index contributed by atoms with van der Waals surface area (Å²) in [4.78, 5) is 47.2. The van der Waals surface area contributed by atoms with Crippen molar-refractivity contribution >= 4 is 29.6 Å². The minimum Gasteiger partial charge on any atom is -0.444 e. The number of esters is 1. The first kappa shape index (κ1) is 25.4. The molecule has 0 aliphatic carbocycles. The van der Waals surface area contributed by atoms with Gasteiger partial charge in [0, 0.05) is 37.7 Å². The molecule has 9 nitrogen and oxygen atoms in total. The zero-order valence-electron chi connectivity index (χ0n) is 19.2. The van der Waals surface area contributed by atoms with Gasteiger partial charge in [-0.1, -0.05) is 18.2 Å². The molecule has 0 unspecified atom stereocenters. The van der Waals surface area contributed by atoms with E-state index in [1.54, 1.807) is 57.2 Å². The van der Waals surface area contributed by atoms with Gasteiger partial charge in [-0.2, -0.15) is 0 Å². The smallest absolute Gasteiger partial charge is 0.407 e. The van der Waals surface area contributed by atoms with Crippen LogP contribution >= 0.6 is 0 Å². The molecule has 2 rings (SSSR count). The predicted molar refractivity (Wildman–Crippen MR) is 123 cm³/mol. The Morgan fingerprint density at radius 2 is 1.67 bits per heavy atom. The van der Waals surface area contributed by atoms with E-state index in [9.17, 15) is 19.2 Å². The fraction of sp³-hybridized carbons (Fsp3) is 0.333. The highest BCUT2D eigenvalue weighted by Gasteiger charge is 2.16. The molecular weight excluding hydrogens is 426 g/mol. The van der Waals surface area contributed by atoms with Gasteiger partial charge in [-0.15, -0.1) is 0 Å². The third-order valence-electron chi connectivity index (χ3n) is 4.05. The van der Waals surface area contributed by atoms with Gasteiger partial charge in [0.2, 0.25) is 5.91 Å². The molecule has 0 saturated heterocycles. The van der Waals surface area contributed by atoms with Gasteiger partial charge in [-0.25, -0.2) is 4.79 Å². The van der Waals surface area contributed by atoms with Crippen LogP contribution in [0.2, 0.25) is 0 Å². The maximum absolute atomic E-state index is 12.5. The topological polar surface area (TPSA) is 123 Å². The van der Waals surface area contributed by atoms with Gasteiger partial charge < -0.3 is 25.4 Å². The van der Waals surface area contributed by atoms with Crippen LogP contribution in [0.4, 0.5) is 10.5 Å². The predicted octanol–water partition coefficient (Wildman–Crippen LogP) is 3.40. The van der Waals surface area contributed by atoms with E-state index in [4.69, 9.17) is 9.47 Å². The fourth-order valence-corrected chi connectivity index (χ4v) is 2.71. The van der Waals surface area contributed by atoms with E-state index in [1.165, 1.54) is 13.0 Å². The molecule has 0 aliphatic heterocycles. The van der Waals surface area contributed by atoms with Crippen LogP contribution in [0.1, 0.15) is 50.0 Å². The van der Waals surface area contributed by atoms with E-state index in [-0.39, 0.29) is 37.1 Å². The number of benzene rings is 2. The van der Waals surface area contributed by atoms with Crippen LogP contribution in [0.3, 0.4) is 0 Å². The van der Waals surface area contributed by atoms with Gasteiger partial charge in [0.1, 0.15) is 11.4 Å². The SMILES string of the molecule is CC(=O)Oc1cccc(C(=O)Nc2cccc(CNC(=O)CCNC(=O)OC(C)(C)C)c2)c1. The second-order valence-electron chi connectivity index (χ2n) is 8.23. The van der Waals surface area contributed by atoms with Crippen LogP contribution < -0.4 is 20.7 Å². The summed E-state index contributed by atoms with van der Waals surface area (Å²) in [5.74, 6) is -0.781. The van der Waals surface area contributed by atoms with Crippen molar-refractivity contribution in [2.24, 2.45) is 0 Å². The third kappa shape index (κ3) is 9.86. The van der Waals surface area contributed by atoms with Gasteiger partial charge in [0.25, 0.3) is 5.91 Å². The van der Waals surface area contributed by atoms with Gasteiger partial charge in [0.05, 0.1) is 0 Å². The minimum absolute atomic E-state index is 0.105. The zero-order chi connectivity index (χ0) is 24.4. The highest BCUT2D eigenvalue weighted by molar-refractivity contribution is 6.04. The number of carbonyl (C=O) groups excluding carboxylic acids is 4. The first-order chi connectivity index (χ1) is 15.5. The number of rotatable bonds is 8. The molecule has 3 amide bonds. The molecule has 0 atom stereocenters. The molecule has 0 fully saturated rings. The molecule has 0 radical (unpaired) electrons. The summed E-state index contributed by atoms with van der Waals surface area (Å²) in [5.41, 5.74) is 1.08. The Balaban J connectivity index is 1.83. The Kier molecular flexibility index (Phi) is 8.97. The Morgan fingerprint density at radius 1 is 0.939 bits per heavy atom. The van der Waals surface area contributed by atoms with Crippen LogP contribution in [-0.4, -0.2) is 36.0 Å². The molecule has 2 aromatic carbocycles. The van der Waals surface area contributed by atoms with Crippen LogP contribution in [-0.2, 0) is 20.9 Å². The summed E-state index contributed by atoms with van der Waals surface area (Å²) in [6, 6.07) is 13.3. The van der Waals surface area contributed by atoms with Crippen molar-refractivity contribution in [1.82, 2.24) is 10.6 Å². The molecule has 9 heteroatoms. The largest absolute Gasteiger partial charge is 0.444 e. The molecule has 33 heavy (non-hydrogen) atoms. The first-order valence-corrected chi connectivity index (χ1v) is 10.4. The summed E-state index contributed by atoms with van der Waals surface area (Å²) >= 11 is 0. The number of alkyl carbamates (subject to hydrolysis) is 1. The van der Waals surface area contributed by atoms with Crippen LogP contribution in [0.25, 0.3) is 0 Å². The van der Waals surface area contributed by atoms with E-state index in [1.807, 2.05) is 6.07 Å². The van der Waals surface area contributed by atoms with E-state index in [2.05, 4.69) is 16.0 Å². The Labute approximate surface area is 192 Å². The summed E-state index contributed by atoms with van der Waals surface area (Å²) in [7, 11) is 0. The highest BCUT2D eigenvalue weighted by Crippen LogP contribution is 2.16. The zero-order valence-corrected chi connectivity index (χ0v) is 19.2. The Bertz CT molecular complexity index is 1010. The lowest BCUT2D eigenvalue weighted by Gasteiger charge is -2.19. The summed E-state index contributed by atoms with van der Waals surface area (Å²) in [5, 5.41) is 8.08. The van der Waals surface area contributed by atoms with Crippen LogP contribution in [0, 0.1) is 0 Å². The van der Waals surface area contributed by atoms with E-state index < -0.39 is 17.7 Å². The van der Waals surface area contributed by atoms with E-state index in [0.29, 0.717) is 11.3 Å². The summed E-state index contributed by atoms with van der Waals surface area (Å²) < 4.78 is 10.1. The standard InChI is InChI=1S/C24H29N3O6/c1-16(28)32-20-10-6-8-18(14-20)22(30)27-19-9-5-7-17(13-19)15-26-21(29)11-12-25-23(31)33-24(2,3)4/h5-10,13-14H,11-12,15H2,1-4H3,(H,25,31)(H,26,29)(H,27,30). The lowest BCUT2D eigenvalue weighted by atomic mass is 10.1. The molecule has 0 spiro atoms. The molecule has 176 valence electrons. The number of carbonyl (C=O) groups is 4. The van der Waals surface area contributed by atoms with Crippen molar-refractivity contribution in [1.29, 1.82) is 0 Å². The first-order valence-electron chi connectivity index (χ1n) is 10.4. The maximum atomic E-state index is 12.5. The normalized spacial score (nSPS) is 10.7. The molecule has 3 N–H and O–H groups in total. The number of anilines is 1. The summed E-state index contributed by atoms with van der Waals surface area (Å²) in [6.07, 6.45) is -0.467. The number of amides is 3. The van der Waals surface area contributed by atoms with Gasteiger partial charge in [-0.05, 0) is 56.7 Å². The number of hydrogen-bond donors (Lipinski definition) is 3. The lowest BCUT2D eigenvalue weighted by Crippen LogP contribution is -2.35. The van der Waals surface area contributed by atoms with Gasteiger partial charge in [-0.3, -0.25) is 14.4 Å². The van der Waals surface area contributed by atoms with Gasteiger partial charge >= 0.3 is 12.1 Å². The number of hydrogen-bond acceptors (Lipinski definition) is 6. The second-order valence-corrected chi connectivity index (χ2v) is 8.23. The lowest BCUT2D eigenvalue weighted by molar-refractivity contribution is -0.131. The van der Waals surface area contributed by atoms with Crippen molar-refractivity contribution in [3.63, 3.8) is 0 Å². The molecule has 0 heterocycles. The quantitative estimate of drug-likeness (QED) is 0.414. The Morgan fingerprint density at radius 3 is 2.36 bits per heavy atom. The molecule has 0 aromatic heterocycles. The summed E-state index contributed by atoms with van der Waals surface area (Å²) in [6.45, 7) is 6.98. The third-order valence-corrected chi connectivity index (χ3v) is 4.05. The van der Waals surface area contributed by atoms with Crippen molar-refractivity contribution in [3.05, 3.63) is 59.7 Å². The van der Waals surface area contributed by atoms with E-state index >= 15 is 0 Å². The maximum Gasteiger partial charge on any atom is 0.407 e. The fourth-order valence-electron chi connectivity index (χ4n) is 2.71. The molecular formula is C24H29N3O6. The molecule has 0 bridgehead atoms. The molecule has 0 aliphatic rings. The monoisotopic (exact) mass is 455 g/mol. The van der Waals surface area contributed by atoms with Crippen molar-refractivity contribution in [3.8, 4) is 5.75 Å². The highest BCUT2D eigenvalue weighted by atomic mass is 16.6. The number of nitrogens with one attached hydrogen (secondary N) is 3. The molecule has 2 aromatic rings. The van der Waals surface area contributed by atoms with Gasteiger partial charge in [0.15, 0.2) is 0 Å². The van der Waals surface area contributed by atoms with Crippen molar-refractivity contribution in [2.45, 2.75) is 46.3 Å². The average molecular weight is 456 g/mol. The second kappa shape index (κ2) is 11.7. The van der Waals surface area contributed by atoms with Crippen molar-refractivity contribution < 1.29 is 28.7 Å². The average Bonchev–Trinajstić information content (AvgIpc) is 2.71. The van der Waals surface area contributed by atoms with Crippen molar-refractivity contribution in [2.75, 3.05) is 11.9 Å². The van der Waals surface area contributed by atoms with Crippen LogP contribution in [0.15, 0.2) is 48.5 Å². The minimum atomic E-state index is -0.599.